The fourth-order valence-corrected chi connectivity index (χ4v) is 0.534. The van der Waals surface area contributed by atoms with Crippen LogP contribution >= 0.6 is 0 Å². The van der Waals surface area contributed by atoms with Crippen molar-refractivity contribution in [1.82, 2.24) is 5.06 Å². The zero-order valence-corrected chi connectivity index (χ0v) is 4.04. The standard InChI is InChI=1S/C4H8N2O/c7-6-3-1-2-5-4-6/h4,7H,1-3H2. The molecule has 0 fully saturated rings. The monoisotopic (exact) mass is 100 g/mol. The fraction of sp³-hybridized carbons (Fsp3) is 0.750. The molecule has 0 bridgehead atoms. The molecule has 0 aromatic heterocycles. The lowest BCUT2D eigenvalue weighted by atomic mass is 10.4. The summed E-state index contributed by atoms with van der Waals surface area (Å²) in [6.07, 6.45) is 2.41. The Morgan fingerprint density at radius 1 is 1.71 bits per heavy atom. The summed E-state index contributed by atoms with van der Waals surface area (Å²) in [6.45, 7) is 1.58. The van der Waals surface area contributed by atoms with Crippen molar-refractivity contribution in [3.63, 3.8) is 0 Å². The molecular weight excluding hydrogens is 92.1 g/mol. The van der Waals surface area contributed by atoms with Crippen molar-refractivity contribution >= 4 is 6.34 Å². The molecule has 0 atom stereocenters. The summed E-state index contributed by atoms with van der Waals surface area (Å²) >= 11 is 0. The molecule has 0 aromatic rings. The number of hydrogen-bond acceptors (Lipinski definition) is 3. The molecule has 7 heavy (non-hydrogen) atoms. The molecule has 0 saturated carbocycles. The lowest BCUT2D eigenvalue weighted by Gasteiger charge is -2.12. The van der Waals surface area contributed by atoms with Crippen LogP contribution in [0.4, 0.5) is 0 Å². The first-order valence-electron chi connectivity index (χ1n) is 2.35. The molecule has 0 spiro atoms. The van der Waals surface area contributed by atoms with Crippen LogP contribution in [0, 0.1) is 0 Å². The number of hydrogen-bond donors (Lipinski definition) is 1. The summed E-state index contributed by atoms with van der Waals surface area (Å²) < 4.78 is 0. The zero-order chi connectivity index (χ0) is 5.11. The molecule has 0 saturated heterocycles. The third kappa shape index (κ3) is 1.16. The van der Waals surface area contributed by atoms with Gasteiger partial charge >= 0.3 is 0 Å². The zero-order valence-electron chi connectivity index (χ0n) is 4.04. The molecule has 0 aliphatic carbocycles. The number of aliphatic imine (C=N–C) groups is 1. The molecule has 1 N–H and O–H groups in total. The Balaban J connectivity index is 2.36. The van der Waals surface area contributed by atoms with Gasteiger partial charge in [0.05, 0.1) is 0 Å². The second kappa shape index (κ2) is 1.93. The molecule has 1 heterocycles. The predicted octanol–water partition coefficient (Wildman–Crippen LogP) is 0.110. The predicted molar refractivity (Wildman–Crippen MR) is 26.5 cm³/mol. The van der Waals surface area contributed by atoms with E-state index in [0.717, 1.165) is 24.6 Å². The molecule has 1 aliphatic heterocycles. The normalized spacial score (nSPS) is 20.4. The smallest absolute Gasteiger partial charge is 0.110 e. The van der Waals surface area contributed by atoms with Crippen LogP contribution in [0.15, 0.2) is 4.99 Å². The number of hydroxylamine groups is 2. The summed E-state index contributed by atoms with van der Waals surface area (Å²) in [6, 6.07) is 0. The van der Waals surface area contributed by atoms with E-state index in [-0.39, 0.29) is 0 Å². The molecule has 0 amide bonds. The fourth-order valence-electron chi connectivity index (χ4n) is 0.534. The third-order valence-electron chi connectivity index (χ3n) is 0.889. The first-order valence-corrected chi connectivity index (χ1v) is 2.35. The Morgan fingerprint density at radius 2 is 2.57 bits per heavy atom. The lowest BCUT2D eigenvalue weighted by molar-refractivity contribution is -0.0126. The van der Waals surface area contributed by atoms with Gasteiger partial charge < -0.3 is 0 Å². The topological polar surface area (TPSA) is 35.8 Å². The van der Waals surface area contributed by atoms with E-state index in [4.69, 9.17) is 5.21 Å². The van der Waals surface area contributed by atoms with Crippen molar-refractivity contribution in [1.29, 1.82) is 0 Å². The Hall–Kier alpha value is -0.570. The Morgan fingerprint density at radius 3 is 2.86 bits per heavy atom. The Kier molecular flexibility index (Phi) is 1.26. The van der Waals surface area contributed by atoms with E-state index in [0.29, 0.717) is 0 Å². The summed E-state index contributed by atoms with van der Waals surface area (Å²) in [4.78, 5) is 3.81. The van der Waals surface area contributed by atoms with Crippen molar-refractivity contribution in [2.75, 3.05) is 13.1 Å². The summed E-state index contributed by atoms with van der Waals surface area (Å²) in [5.74, 6) is 0. The maximum Gasteiger partial charge on any atom is 0.110 e. The first kappa shape index (κ1) is 4.59. The minimum absolute atomic E-state index is 0.726. The van der Waals surface area contributed by atoms with Gasteiger partial charge in [-0.3, -0.25) is 10.2 Å². The van der Waals surface area contributed by atoms with E-state index >= 15 is 0 Å². The maximum absolute atomic E-state index is 8.59. The van der Waals surface area contributed by atoms with Gasteiger partial charge in [-0.15, -0.1) is 0 Å². The van der Waals surface area contributed by atoms with Crippen molar-refractivity contribution in [2.24, 2.45) is 4.99 Å². The first-order chi connectivity index (χ1) is 3.39. The molecule has 0 unspecified atom stereocenters. The average Bonchev–Trinajstić information content (AvgIpc) is 1.69. The summed E-state index contributed by atoms with van der Waals surface area (Å²) in [5, 5.41) is 9.69. The highest BCUT2D eigenvalue weighted by Crippen LogP contribution is 1.90. The number of nitrogens with zero attached hydrogens (tertiary/aromatic N) is 2. The minimum Gasteiger partial charge on any atom is -0.288 e. The maximum atomic E-state index is 8.59. The van der Waals surface area contributed by atoms with E-state index in [1.165, 1.54) is 6.34 Å². The molecule has 3 nitrogen and oxygen atoms in total. The van der Waals surface area contributed by atoms with E-state index in [1.807, 2.05) is 0 Å². The molecule has 0 radical (unpaired) electrons. The summed E-state index contributed by atoms with van der Waals surface area (Å²) in [7, 11) is 0. The second-order valence-electron chi connectivity index (χ2n) is 1.54. The van der Waals surface area contributed by atoms with E-state index in [9.17, 15) is 0 Å². The highest BCUT2D eigenvalue weighted by Gasteiger charge is 1.96. The molecule has 40 valence electrons. The van der Waals surface area contributed by atoms with Crippen LogP contribution in [0.1, 0.15) is 6.42 Å². The molecule has 3 heteroatoms. The average molecular weight is 100 g/mol. The van der Waals surface area contributed by atoms with Crippen molar-refractivity contribution in [3.8, 4) is 0 Å². The van der Waals surface area contributed by atoms with Gasteiger partial charge in [-0.25, -0.2) is 5.06 Å². The molecule has 1 rings (SSSR count). The highest BCUT2D eigenvalue weighted by atomic mass is 16.5. The summed E-state index contributed by atoms with van der Waals surface area (Å²) in [5.41, 5.74) is 0. The van der Waals surface area contributed by atoms with Gasteiger partial charge in [0.1, 0.15) is 6.34 Å². The van der Waals surface area contributed by atoms with Crippen molar-refractivity contribution < 1.29 is 5.21 Å². The molecule has 0 aromatic carbocycles. The van der Waals surface area contributed by atoms with Crippen LogP contribution in [0.5, 0.6) is 0 Å². The van der Waals surface area contributed by atoms with Gasteiger partial charge in [-0.2, -0.15) is 0 Å². The van der Waals surface area contributed by atoms with E-state index in [1.54, 1.807) is 0 Å². The van der Waals surface area contributed by atoms with E-state index in [2.05, 4.69) is 4.99 Å². The SMILES string of the molecule is ON1C=NCCC1. The van der Waals surface area contributed by atoms with Crippen LogP contribution < -0.4 is 0 Å². The van der Waals surface area contributed by atoms with Crippen LogP contribution in [0.25, 0.3) is 0 Å². The third-order valence-corrected chi connectivity index (χ3v) is 0.889. The molecular formula is C4H8N2O. The van der Waals surface area contributed by atoms with Crippen LogP contribution in [0.3, 0.4) is 0 Å². The lowest BCUT2D eigenvalue weighted by Crippen LogP contribution is -2.22. The van der Waals surface area contributed by atoms with Crippen molar-refractivity contribution in [2.45, 2.75) is 6.42 Å². The Labute approximate surface area is 42.2 Å². The van der Waals surface area contributed by atoms with Gasteiger partial charge in [-0.05, 0) is 6.42 Å². The van der Waals surface area contributed by atoms with Crippen molar-refractivity contribution in [3.05, 3.63) is 0 Å². The van der Waals surface area contributed by atoms with Gasteiger partial charge in [0.25, 0.3) is 0 Å². The van der Waals surface area contributed by atoms with Gasteiger partial charge in [0.2, 0.25) is 0 Å². The van der Waals surface area contributed by atoms with E-state index < -0.39 is 0 Å². The Bertz CT molecular complexity index is 81.8. The van der Waals surface area contributed by atoms with Gasteiger partial charge in [-0.1, -0.05) is 0 Å². The van der Waals surface area contributed by atoms with Crippen LogP contribution in [-0.2, 0) is 0 Å². The van der Waals surface area contributed by atoms with Crippen LogP contribution in [0.2, 0.25) is 0 Å². The number of rotatable bonds is 0. The molecule has 1 aliphatic rings. The van der Waals surface area contributed by atoms with Gasteiger partial charge in [0, 0.05) is 13.1 Å². The largest absolute Gasteiger partial charge is 0.288 e. The minimum atomic E-state index is 0.726. The van der Waals surface area contributed by atoms with Gasteiger partial charge in [0.15, 0.2) is 0 Å². The van der Waals surface area contributed by atoms with Crippen LogP contribution in [-0.4, -0.2) is 29.7 Å². The second-order valence-corrected chi connectivity index (χ2v) is 1.54. The highest BCUT2D eigenvalue weighted by molar-refractivity contribution is 5.53. The quantitative estimate of drug-likeness (QED) is 0.469.